The molecule has 3 atom stereocenters. The van der Waals surface area contributed by atoms with E-state index >= 15 is 0 Å². The van der Waals surface area contributed by atoms with Gasteiger partial charge in [-0.2, -0.15) is 0 Å². The molecule has 0 aromatic heterocycles. The average Bonchev–Trinajstić information content (AvgIpc) is 2.94. The van der Waals surface area contributed by atoms with E-state index < -0.39 is 0 Å². The molecule has 3 aliphatic heterocycles. The van der Waals surface area contributed by atoms with Crippen molar-refractivity contribution in [3.63, 3.8) is 0 Å². The molecular formula is C15H28N2O. The zero-order chi connectivity index (χ0) is 12.2. The predicted molar refractivity (Wildman–Crippen MR) is 73.8 cm³/mol. The van der Waals surface area contributed by atoms with E-state index in [9.17, 15) is 0 Å². The van der Waals surface area contributed by atoms with E-state index in [0.29, 0.717) is 6.10 Å². The number of likely N-dealkylation sites (tertiary alicyclic amines) is 1. The number of nitrogens with zero attached hydrogens (tertiary/aromatic N) is 1. The van der Waals surface area contributed by atoms with Crippen molar-refractivity contribution in [3.05, 3.63) is 0 Å². The first-order valence-corrected chi connectivity index (χ1v) is 8.02. The maximum Gasteiger partial charge on any atom is 0.0702 e. The fraction of sp³-hybridized carbons (Fsp3) is 1.00. The van der Waals surface area contributed by atoms with Gasteiger partial charge >= 0.3 is 0 Å². The third-order valence-electron chi connectivity index (χ3n) is 4.94. The molecule has 3 unspecified atom stereocenters. The molecule has 0 aromatic carbocycles. The van der Waals surface area contributed by atoms with Crippen LogP contribution in [0.1, 0.15) is 51.4 Å². The van der Waals surface area contributed by atoms with Crippen LogP contribution < -0.4 is 5.32 Å². The lowest BCUT2D eigenvalue weighted by Crippen LogP contribution is -2.52. The molecule has 0 saturated carbocycles. The number of ether oxygens (including phenoxy) is 1. The molecule has 3 heteroatoms. The summed E-state index contributed by atoms with van der Waals surface area (Å²) in [6.45, 7) is 4.70. The summed E-state index contributed by atoms with van der Waals surface area (Å²) >= 11 is 0. The summed E-state index contributed by atoms with van der Waals surface area (Å²) in [5, 5.41) is 3.71. The Morgan fingerprint density at radius 3 is 2.72 bits per heavy atom. The predicted octanol–water partition coefficient (Wildman–Crippen LogP) is 2.16. The topological polar surface area (TPSA) is 24.5 Å². The molecule has 0 radical (unpaired) electrons. The second-order valence-corrected chi connectivity index (χ2v) is 6.25. The van der Waals surface area contributed by atoms with Gasteiger partial charge in [-0.1, -0.05) is 6.42 Å². The number of nitrogens with one attached hydrogen (secondary N) is 1. The van der Waals surface area contributed by atoms with Crippen LogP contribution in [0.3, 0.4) is 0 Å². The smallest absolute Gasteiger partial charge is 0.0702 e. The molecule has 104 valence electrons. The Kier molecular flexibility index (Phi) is 4.55. The molecular weight excluding hydrogens is 224 g/mol. The molecule has 0 aromatic rings. The monoisotopic (exact) mass is 252 g/mol. The molecule has 0 aliphatic carbocycles. The highest BCUT2D eigenvalue weighted by Crippen LogP contribution is 2.26. The number of hydrogen-bond donors (Lipinski definition) is 1. The number of rotatable bonds is 3. The Morgan fingerprint density at radius 1 is 1.00 bits per heavy atom. The van der Waals surface area contributed by atoms with Gasteiger partial charge in [0, 0.05) is 25.2 Å². The van der Waals surface area contributed by atoms with Crippen LogP contribution in [-0.4, -0.2) is 49.3 Å². The maximum absolute atomic E-state index is 5.93. The third kappa shape index (κ3) is 3.06. The summed E-state index contributed by atoms with van der Waals surface area (Å²) in [4.78, 5) is 2.74. The minimum Gasteiger partial charge on any atom is -0.377 e. The van der Waals surface area contributed by atoms with Crippen LogP contribution in [0.4, 0.5) is 0 Å². The van der Waals surface area contributed by atoms with Crippen LogP contribution in [0.5, 0.6) is 0 Å². The molecule has 3 fully saturated rings. The maximum atomic E-state index is 5.93. The van der Waals surface area contributed by atoms with Crippen molar-refractivity contribution in [2.75, 3.05) is 26.2 Å². The first-order chi connectivity index (χ1) is 8.93. The highest BCUT2D eigenvalue weighted by atomic mass is 16.5. The molecule has 3 rings (SSSR count). The van der Waals surface area contributed by atoms with Crippen molar-refractivity contribution in [3.8, 4) is 0 Å². The van der Waals surface area contributed by atoms with Crippen LogP contribution in [0.2, 0.25) is 0 Å². The number of hydrogen-bond acceptors (Lipinski definition) is 3. The fourth-order valence-corrected chi connectivity index (χ4v) is 3.95. The van der Waals surface area contributed by atoms with E-state index in [1.807, 2.05) is 0 Å². The van der Waals surface area contributed by atoms with Gasteiger partial charge in [-0.25, -0.2) is 0 Å². The zero-order valence-corrected chi connectivity index (χ0v) is 11.6. The van der Waals surface area contributed by atoms with Gasteiger partial charge in [0.25, 0.3) is 0 Å². The van der Waals surface area contributed by atoms with Crippen LogP contribution in [0.25, 0.3) is 0 Å². The van der Waals surface area contributed by atoms with Crippen LogP contribution in [0.15, 0.2) is 0 Å². The van der Waals surface area contributed by atoms with Gasteiger partial charge in [-0.05, 0) is 58.0 Å². The van der Waals surface area contributed by atoms with Gasteiger partial charge in [0.2, 0.25) is 0 Å². The van der Waals surface area contributed by atoms with E-state index in [1.54, 1.807) is 0 Å². The Bertz CT molecular complexity index is 247. The van der Waals surface area contributed by atoms with Crippen molar-refractivity contribution < 1.29 is 4.74 Å². The zero-order valence-electron chi connectivity index (χ0n) is 11.6. The van der Waals surface area contributed by atoms with Crippen LogP contribution in [0, 0.1) is 0 Å². The lowest BCUT2D eigenvalue weighted by Gasteiger charge is -2.41. The largest absolute Gasteiger partial charge is 0.377 e. The highest BCUT2D eigenvalue weighted by Gasteiger charge is 2.32. The third-order valence-corrected chi connectivity index (χ3v) is 4.94. The van der Waals surface area contributed by atoms with Gasteiger partial charge in [-0.3, -0.25) is 4.90 Å². The molecule has 3 nitrogen and oxygen atoms in total. The molecule has 3 aliphatic rings. The van der Waals surface area contributed by atoms with E-state index in [2.05, 4.69) is 10.2 Å². The lowest BCUT2D eigenvalue weighted by atomic mass is 9.93. The fourth-order valence-electron chi connectivity index (χ4n) is 3.95. The van der Waals surface area contributed by atoms with Gasteiger partial charge in [0.05, 0.1) is 6.10 Å². The highest BCUT2D eigenvalue weighted by molar-refractivity contribution is 4.91. The van der Waals surface area contributed by atoms with Crippen molar-refractivity contribution >= 4 is 0 Å². The second-order valence-electron chi connectivity index (χ2n) is 6.25. The Hall–Kier alpha value is -0.120. The van der Waals surface area contributed by atoms with Gasteiger partial charge < -0.3 is 10.1 Å². The molecule has 3 saturated heterocycles. The minimum absolute atomic E-state index is 0.515. The summed E-state index contributed by atoms with van der Waals surface area (Å²) in [5.41, 5.74) is 0. The normalized spacial score (nSPS) is 39.0. The van der Waals surface area contributed by atoms with Gasteiger partial charge in [0.1, 0.15) is 0 Å². The lowest BCUT2D eigenvalue weighted by molar-refractivity contribution is -0.0229. The Labute approximate surface area is 111 Å². The molecule has 0 bridgehead atoms. The summed E-state index contributed by atoms with van der Waals surface area (Å²) in [6, 6.07) is 1.54. The van der Waals surface area contributed by atoms with E-state index in [-0.39, 0.29) is 0 Å². The van der Waals surface area contributed by atoms with E-state index in [1.165, 1.54) is 71.0 Å². The molecule has 0 amide bonds. The van der Waals surface area contributed by atoms with Crippen molar-refractivity contribution in [1.82, 2.24) is 10.2 Å². The SMILES string of the molecule is C1CCC(CN2CCCCC2C2CCCN2)OC1. The summed E-state index contributed by atoms with van der Waals surface area (Å²) in [6.07, 6.45) is 11.4. The summed E-state index contributed by atoms with van der Waals surface area (Å²) in [5.74, 6) is 0. The van der Waals surface area contributed by atoms with E-state index in [0.717, 1.165) is 18.7 Å². The van der Waals surface area contributed by atoms with Gasteiger partial charge in [-0.15, -0.1) is 0 Å². The van der Waals surface area contributed by atoms with Gasteiger partial charge in [0.15, 0.2) is 0 Å². The van der Waals surface area contributed by atoms with Crippen molar-refractivity contribution in [2.24, 2.45) is 0 Å². The second kappa shape index (κ2) is 6.36. The average molecular weight is 252 g/mol. The minimum atomic E-state index is 0.515. The summed E-state index contributed by atoms with van der Waals surface area (Å²) < 4.78 is 5.93. The van der Waals surface area contributed by atoms with Crippen molar-refractivity contribution in [1.29, 1.82) is 0 Å². The first kappa shape index (κ1) is 12.9. The molecule has 1 N–H and O–H groups in total. The summed E-state index contributed by atoms with van der Waals surface area (Å²) in [7, 11) is 0. The number of piperidine rings is 1. The van der Waals surface area contributed by atoms with Crippen molar-refractivity contribution in [2.45, 2.75) is 69.6 Å². The molecule has 18 heavy (non-hydrogen) atoms. The molecule has 0 spiro atoms. The molecule has 3 heterocycles. The quantitative estimate of drug-likeness (QED) is 0.833. The van der Waals surface area contributed by atoms with Crippen LogP contribution >= 0.6 is 0 Å². The van der Waals surface area contributed by atoms with E-state index in [4.69, 9.17) is 4.74 Å². The Morgan fingerprint density at radius 2 is 1.94 bits per heavy atom. The Balaban J connectivity index is 1.56. The standard InChI is InChI=1S/C15H28N2O/c1-3-10-17(12-13-6-2-4-11-18-13)15(8-1)14-7-5-9-16-14/h13-16H,1-12H2. The van der Waals surface area contributed by atoms with Crippen LogP contribution in [-0.2, 0) is 4.74 Å². The first-order valence-electron chi connectivity index (χ1n) is 8.02.